The van der Waals surface area contributed by atoms with E-state index in [1.54, 1.807) is 6.92 Å². The van der Waals surface area contributed by atoms with Gasteiger partial charge in [0.2, 0.25) is 6.79 Å². The van der Waals surface area contributed by atoms with E-state index in [2.05, 4.69) is 22.4 Å². The fraction of sp³-hybridized carbons (Fsp3) is 0.481. The molecule has 3 atom stereocenters. The molecular weight excluding hydrogens is 464 g/mol. The minimum absolute atomic E-state index is 0.00180. The molecule has 0 aliphatic heterocycles. The van der Waals surface area contributed by atoms with Crippen molar-refractivity contribution < 1.29 is 33.3 Å². The standard InChI is InChI=1S/C27H34N2O7/c1-17(29-26(31)24-25(35-16-34-19(3)30)22(33-4)14-15-28-24)27(32)36-18(2)23(21-12-8-9-13-21)20-10-6-5-7-11-20/h5-7,10-11,14-15,17-18,21,23H,8-9,12-13,16H2,1-4H3,(H,29,31)/t17-,18?,23+/m0/s1. The zero-order chi connectivity index (χ0) is 26.1. The number of amides is 1. The Kier molecular flexibility index (Phi) is 9.67. The smallest absolute Gasteiger partial charge is 0.328 e. The lowest BCUT2D eigenvalue weighted by molar-refractivity contribution is -0.152. The normalized spacial score (nSPS) is 15.9. The summed E-state index contributed by atoms with van der Waals surface area (Å²) in [6, 6.07) is 10.7. The summed E-state index contributed by atoms with van der Waals surface area (Å²) < 4.78 is 21.3. The van der Waals surface area contributed by atoms with E-state index in [1.165, 1.54) is 39.1 Å². The minimum Gasteiger partial charge on any atom is -0.493 e. The average Bonchev–Trinajstić information content (AvgIpc) is 3.38. The molecule has 36 heavy (non-hydrogen) atoms. The van der Waals surface area contributed by atoms with E-state index in [9.17, 15) is 14.4 Å². The molecule has 194 valence electrons. The maximum Gasteiger partial charge on any atom is 0.328 e. The number of nitrogens with one attached hydrogen (secondary N) is 1. The lowest BCUT2D eigenvalue weighted by atomic mass is 9.81. The Labute approximate surface area is 211 Å². The second kappa shape index (κ2) is 12.9. The second-order valence-corrected chi connectivity index (χ2v) is 8.91. The third-order valence-electron chi connectivity index (χ3n) is 6.37. The lowest BCUT2D eigenvalue weighted by Gasteiger charge is -2.30. The second-order valence-electron chi connectivity index (χ2n) is 8.91. The highest BCUT2D eigenvalue weighted by atomic mass is 16.7. The van der Waals surface area contributed by atoms with Crippen LogP contribution in [0.4, 0.5) is 0 Å². The zero-order valence-electron chi connectivity index (χ0n) is 21.2. The molecule has 9 nitrogen and oxygen atoms in total. The number of methoxy groups -OCH3 is 1. The summed E-state index contributed by atoms with van der Waals surface area (Å²) in [5, 5.41) is 2.62. The first kappa shape index (κ1) is 27.0. The number of hydrogen-bond donors (Lipinski definition) is 1. The number of ether oxygens (including phenoxy) is 4. The topological polar surface area (TPSA) is 113 Å². The monoisotopic (exact) mass is 498 g/mol. The van der Waals surface area contributed by atoms with Crippen LogP contribution in [-0.2, 0) is 19.1 Å². The largest absolute Gasteiger partial charge is 0.493 e. The van der Waals surface area contributed by atoms with Gasteiger partial charge < -0.3 is 24.3 Å². The molecule has 0 bridgehead atoms. The number of carbonyl (C=O) groups is 3. The number of benzene rings is 1. The van der Waals surface area contributed by atoms with Crippen LogP contribution in [0.25, 0.3) is 0 Å². The SMILES string of the molecule is COc1ccnc(C(=O)N[C@@H](C)C(=O)OC(C)[C@H](c2ccccc2)C2CCCC2)c1OCOC(C)=O. The van der Waals surface area contributed by atoms with Gasteiger partial charge in [0, 0.05) is 25.1 Å². The van der Waals surface area contributed by atoms with Crippen LogP contribution < -0.4 is 14.8 Å². The first-order valence-corrected chi connectivity index (χ1v) is 12.2. The highest BCUT2D eigenvalue weighted by Gasteiger charge is 2.34. The molecule has 1 saturated carbocycles. The number of carbonyl (C=O) groups excluding carboxylic acids is 3. The van der Waals surface area contributed by atoms with Crippen LogP contribution in [0.2, 0.25) is 0 Å². The van der Waals surface area contributed by atoms with Gasteiger partial charge in [0.25, 0.3) is 5.91 Å². The molecule has 1 N–H and O–H groups in total. The average molecular weight is 499 g/mol. The molecular formula is C27H34N2O7. The van der Waals surface area contributed by atoms with Gasteiger partial charge in [-0.1, -0.05) is 43.2 Å². The zero-order valence-corrected chi connectivity index (χ0v) is 21.2. The van der Waals surface area contributed by atoms with Crippen molar-refractivity contribution >= 4 is 17.8 Å². The summed E-state index contributed by atoms with van der Waals surface area (Å²) in [5.74, 6) is -0.980. The van der Waals surface area contributed by atoms with Crippen LogP contribution in [0.15, 0.2) is 42.6 Å². The summed E-state index contributed by atoms with van der Waals surface area (Å²) in [7, 11) is 1.41. The summed E-state index contributed by atoms with van der Waals surface area (Å²) in [6.07, 6.45) is 5.58. The molecule has 3 rings (SSSR count). The number of nitrogens with zero attached hydrogens (tertiary/aromatic N) is 1. The van der Waals surface area contributed by atoms with Gasteiger partial charge in [-0.2, -0.15) is 0 Å². The number of esters is 2. The molecule has 1 fully saturated rings. The highest BCUT2D eigenvalue weighted by Crippen LogP contribution is 2.40. The molecule has 0 spiro atoms. The molecule has 1 unspecified atom stereocenters. The predicted molar refractivity (Wildman–Crippen MR) is 132 cm³/mol. The molecule has 1 heterocycles. The summed E-state index contributed by atoms with van der Waals surface area (Å²) in [5.41, 5.74) is 1.04. The van der Waals surface area contributed by atoms with Crippen LogP contribution in [0, 0.1) is 5.92 Å². The van der Waals surface area contributed by atoms with Gasteiger partial charge in [0.15, 0.2) is 17.2 Å². The van der Waals surface area contributed by atoms with E-state index >= 15 is 0 Å². The first-order valence-electron chi connectivity index (χ1n) is 12.2. The van der Waals surface area contributed by atoms with E-state index in [0.717, 1.165) is 18.4 Å². The van der Waals surface area contributed by atoms with Crippen LogP contribution in [0.1, 0.15) is 68.4 Å². The van der Waals surface area contributed by atoms with Gasteiger partial charge in [-0.3, -0.25) is 9.59 Å². The number of aromatic nitrogens is 1. The number of pyridine rings is 1. The molecule has 1 aromatic heterocycles. The van der Waals surface area contributed by atoms with Crippen molar-refractivity contribution in [2.24, 2.45) is 5.92 Å². The van der Waals surface area contributed by atoms with Crippen molar-refractivity contribution in [2.45, 2.75) is 64.5 Å². The van der Waals surface area contributed by atoms with Gasteiger partial charge in [0.1, 0.15) is 12.1 Å². The Morgan fingerprint density at radius 3 is 2.42 bits per heavy atom. The van der Waals surface area contributed by atoms with Gasteiger partial charge in [-0.25, -0.2) is 9.78 Å². The summed E-state index contributed by atoms with van der Waals surface area (Å²) >= 11 is 0. The third-order valence-corrected chi connectivity index (χ3v) is 6.37. The maximum atomic E-state index is 13.0. The molecule has 0 saturated heterocycles. The lowest BCUT2D eigenvalue weighted by Crippen LogP contribution is -2.42. The molecule has 2 aromatic rings. The first-order chi connectivity index (χ1) is 17.3. The van der Waals surface area contributed by atoms with Gasteiger partial charge >= 0.3 is 11.9 Å². The van der Waals surface area contributed by atoms with Crippen LogP contribution >= 0.6 is 0 Å². The van der Waals surface area contributed by atoms with E-state index in [1.807, 2.05) is 25.1 Å². The molecule has 0 radical (unpaired) electrons. The maximum absolute atomic E-state index is 13.0. The highest BCUT2D eigenvalue weighted by molar-refractivity contribution is 5.98. The molecule has 1 amide bonds. The Balaban J connectivity index is 1.68. The van der Waals surface area contributed by atoms with Gasteiger partial charge in [0.05, 0.1) is 7.11 Å². The van der Waals surface area contributed by atoms with Crippen molar-refractivity contribution in [1.82, 2.24) is 10.3 Å². The van der Waals surface area contributed by atoms with E-state index in [0.29, 0.717) is 5.92 Å². The van der Waals surface area contributed by atoms with E-state index < -0.39 is 30.7 Å². The van der Waals surface area contributed by atoms with Crippen LogP contribution in [0.3, 0.4) is 0 Å². The Morgan fingerprint density at radius 1 is 1.08 bits per heavy atom. The van der Waals surface area contributed by atoms with Crippen molar-refractivity contribution in [3.63, 3.8) is 0 Å². The van der Waals surface area contributed by atoms with Crippen molar-refractivity contribution in [1.29, 1.82) is 0 Å². The van der Waals surface area contributed by atoms with E-state index in [4.69, 9.17) is 18.9 Å². The van der Waals surface area contributed by atoms with Crippen molar-refractivity contribution in [2.75, 3.05) is 13.9 Å². The fourth-order valence-corrected chi connectivity index (χ4v) is 4.66. The summed E-state index contributed by atoms with van der Waals surface area (Å²) in [6.45, 7) is 4.28. The fourth-order valence-electron chi connectivity index (χ4n) is 4.66. The van der Waals surface area contributed by atoms with E-state index in [-0.39, 0.29) is 29.2 Å². The minimum atomic E-state index is -0.936. The van der Waals surface area contributed by atoms with Crippen molar-refractivity contribution in [3.8, 4) is 11.5 Å². The summed E-state index contributed by atoms with van der Waals surface area (Å²) in [4.78, 5) is 41.1. The molecule has 9 heteroatoms. The number of hydrogen-bond acceptors (Lipinski definition) is 8. The van der Waals surface area contributed by atoms with Gasteiger partial charge in [-0.15, -0.1) is 0 Å². The van der Waals surface area contributed by atoms with Crippen LogP contribution in [-0.4, -0.2) is 48.9 Å². The Bertz CT molecular complexity index is 1040. The molecule has 1 aliphatic rings. The van der Waals surface area contributed by atoms with Crippen molar-refractivity contribution in [3.05, 3.63) is 53.9 Å². The Morgan fingerprint density at radius 2 is 1.78 bits per heavy atom. The quantitative estimate of drug-likeness (QED) is 0.365. The molecule has 1 aliphatic carbocycles. The van der Waals surface area contributed by atoms with Crippen LogP contribution in [0.5, 0.6) is 11.5 Å². The predicted octanol–water partition coefficient (Wildman–Crippen LogP) is 4.01. The number of rotatable bonds is 11. The molecule has 1 aromatic carbocycles. The third kappa shape index (κ3) is 6.96. The Hall–Kier alpha value is -3.62. The van der Waals surface area contributed by atoms with Gasteiger partial charge in [-0.05, 0) is 38.2 Å².